The topological polar surface area (TPSA) is 9.86 Å². The second-order valence-corrected chi connectivity index (χ2v) is 16.1. The molecule has 8 aromatic carbocycles. The van der Waals surface area contributed by atoms with E-state index in [1.165, 1.54) is 129 Å². The second-order valence-electron chi connectivity index (χ2n) is 16.1. The van der Waals surface area contributed by atoms with Gasteiger partial charge in [-0.1, -0.05) is 109 Å². The van der Waals surface area contributed by atoms with Gasteiger partial charge >= 0.3 is 26.2 Å². The minimum absolute atomic E-state index is 0. The van der Waals surface area contributed by atoms with Crippen molar-refractivity contribution in [1.82, 2.24) is 9.13 Å². The summed E-state index contributed by atoms with van der Waals surface area (Å²) in [5, 5.41) is 8.23. The number of hydrogen-bond acceptors (Lipinski definition) is 0. The van der Waals surface area contributed by atoms with Crippen molar-refractivity contribution in [3.8, 4) is 11.4 Å². The first-order valence-corrected chi connectivity index (χ1v) is 21.4. The van der Waals surface area contributed by atoms with Crippen LogP contribution in [0, 0.1) is 0 Å². The Bertz CT molecular complexity index is 2680. The third kappa shape index (κ3) is 7.98. The third-order valence-corrected chi connectivity index (χ3v) is 12.5. The van der Waals surface area contributed by atoms with E-state index >= 15 is 0 Å². The Balaban J connectivity index is 0.000000116. The van der Waals surface area contributed by atoms with Crippen LogP contribution in [0.4, 0.5) is 0 Å². The molecule has 0 spiro atoms. The molecule has 3 heteroatoms. The van der Waals surface area contributed by atoms with Gasteiger partial charge in [0.2, 0.25) is 0 Å². The van der Waals surface area contributed by atoms with E-state index in [1.807, 2.05) is 0 Å². The summed E-state index contributed by atoms with van der Waals surface area (Å²) < 4.78 is 5.01. The fraction of sp³-hybridized carbons (Fsp3) is 0.179. The van der Waals surface area contributed by atoms with Gasteiger partial charge in [-0.25, -0.2) is 0 Å². The van der Waals surface area contributed by atoms with Crippen LogP contribution in [0.1, 0.15) is 59.3 Å². The number of aromatic nitrogens is 2. The molecule has 0 saturated heterocycles. The van der Waals surface area contributed by atoms with Crippen molar-refractivity contribution in [3.63, 3.8) is 0 Å². The van der Waals surface area contributed by atoms with Crippen LogP contribution in [-0.2, 0) is 64.7 Å². The van der Waals surface area contributed by atoms with Gasteiger partial charge in [-0.3, -0.25) is 0 Å². The van der Waals surface area contributed by atoms with Crippen LogP contribution in [0.25, 0.3) is 54.7 Å². The molecule has 0 unspecified atom stereocenters. The van der Waals surface area contributed by atoms with Crippen LogP contribution < -0.4 is 0 Å². The van der Waals surface area contributed by atoms with Gasteiger partial charge in [0.1, 0.15) is 0 Å². The summed E-state index contributed by atoms with van der Waals surface area (Å²) in [6.45, 7) is 0. The molecular weight excluding hydrogens is 792 g/mol. The van der Waals surface area contributed by atoms with Crippen molar-refractivity contribution in [2.75, 3.05) is 0 Å². The van der Waals surface area contributed by atoms with E-state index in [2.05, 4.69) is 191 Å². The molecule has 0 N–H and O–H groups in total. The van der Waals surface area contributed by atoms with E-state index in [-0.39, 0.29) is 26.2 Å². The molecule has 0 bridgehead atoms. The molecule has 2 nitrogen and oxygen atoms in total. The molecule has 2 aliphatic carbocycles. The van der Waals surface area contributed by atoms with Gasteiger partial charge in [0.05, 0.1) is 11.0 Å². The number of benzene rings is 6. The molecule has 12 rings (SSSR count). The summed E-state index contributed by atoms with van der Waals surface area (Å²) in [5.41, 5.74) is 14.4. The predicted octanol–water partition coefficient (Wildman–Crippen LogP) is 14.2. The third-order valence-electron chi connectivity index (χ3n) is 12.5. The number of nitrogens with zero attached hydrogens (tertiary/aromatic N) is 2. The summed E-state index contributed by atoms with van der Waals surface area (Å²) in [6.07, 6.45) is 12.4. The molecule has 0 aliphatic heterocycles. The average molecular weight is 842 g/mol. The first kappa shape index (κ1) is 39.0. The molecule has 0 atom stereocenters. The zero-order valence-electron chi connectivity index (χ0n) is 33.8. The van der Waals surface area contributed by atoms with Gasteiger partial charge in [-0.15, -0.1) is 82.2 Å². The molecule has 2 aromatic heterocycles. The Kier molecular flexibility index (Phi) is 11.8. The van der Waals surface area contributed by atoms with Crippen molar-refractivity contribution in [2.24, 2.45) is 0 Å². The standard InChI is InChI=1S/2C21H18N.C14H14.Zr/c2*1-2-8-16-14-17(13-15(16)7-1)22-20-11-5-3-9-18(20)19-10-4-6-12-21(19)22;1-3-7-13(8-4-1)11-12-14-9-5-2-6-10-14;/h2*1-3,5,7-9,11,13-14H,4,6,10,12H2;1-10H,11-12H2;/q2*-1;;+2. The minimum Gasteiger partial charge on any atom is -0.332 e. The summed E-state index contributed by atoms with van der Waals surface area (Å²) in [7, 11) is 0. The maximum atomic E-state index is 2.50. The Labute approximate surface area is 367 Å². The van der Waals surface area contributed by atoms with Crippen LogP contribution >= 0.6 is 0 Å². The molecule has 0 saturated carbocycles. The molecule has 2 heterocycles. The maximum absolute atomic E-state index is 2.50. The first-order valence-electron chi connectivity index (χ1n) is 21.4. The quantitative estimate of drug-likeness (QED) is 0.153. The van der Waals surface area contributed by atoms with Crippen molar-refractivity contribution < 1.29 is 26.2 Å². The van der Waals surface area contributed by atoms with Gasteiger partial charge in [-0.2, -0.15) is 0 Å². The largest absolute Gasteiger partial charge is 2.00 e. The average Bonchev–Trinajstić information content (AvgIpc) is 4.07. The first-order chi connectivity index (χ1) is 28.8. The molecular formula is C56H50N2Zr. The van der Waals surface area contributed by atoms with E-state index in [1.54, 1.807) is 11.1 Å². The SMILES string of the molecule is [Zr+2].c1ccc(CCc2ccccc2)cc1.c1ccc2[cH-]c(-n3c4c(c5ccccc53)CCCC4)cc2c1.c1ccc2[cH-]c(-n3c4c(c5ccccc53)CCCC4)cc2c1. The van der Waals surface area contributed by atoms with Crippen LogP contribution in [0.3, 0.4) is 0 Å². The van der Waals surface area contributed by atoms with Crippen LogP contribution in [0.2, 0.25) is 0 Å². The Morgan fingerprint density at radius 1 is 0.390 bits per heavy atom. The normalized spacial score (nSPS) is 13.2. The number of hydrogen-bond donors (Lipinski definition) is 0. The van der Waals surface area contributed by atoms with Crippen molar-refractivity contribution >= 4 is 43.4 Å². The monoisotopic (exact) mass is 840 g/mol. The van der Waals surface area contributed by atoms with Gasteiger partial charge in [0.25, 0.3) is 0 Å². The Morgan fingerprint density at radius 3 is 1.20 bits per heavy atom. The van der Waals surface area contributed by atoms with E-state index < -0.39 is 0 Å². The molecule has 0 fully saturated rings. The number of para-hydroxylation sites is 2. The van der Waals surface area contributed by atoms with Gasteiger partial charge < -0.3 is 9.13 Å². The number of rotatable bonds is 5. The van der Waals surface area contributed by atoms with Gasteiger partial charge in [-0.05, 0) is 110 Å². The van der Waals surface area contributed by atoms with E-state index in [0.717, 1.165) is 12.8 Å². The summed E-state index contributed by atoms with van der Waals surface area (Å²) in [6, 6.07) is 65.6. The fourth-order valence-corrected chi connectivity index (χ4v) is 9.69. The summed E-state index contributed by atoms with van der Waals surface area (Å²) in [5.74, 6) is 0. The number of fused-ring (bicyclic) bond motifs is 8. The zero-order chi connectivity index (χ0) is 38.7. The maximum Gasteiger partial charge on any atom is 2.00 e. The van der Waals surface area contributed by atoms with Gasteiger partial charge in [0, 0.05) is 22.2 Å². The molecule has 0 amide bonds. The molecule has 59 heavy (non-hydrogen) atoms. The molecule has 288 valence electrons. The van der Waals surface area contributed by atoms with Crippen molar-refractivity contribution in [2.45, 2.75) is 64.2 Å². The fourth-order valence-electron chi connectivity index (χ4n) is 9.69. The minimum atomic E-state index is 0. The van der Waals surface area contributed by atoms with E-state index in [4.69, 9.17) is 0 Å². The van der Waals surface area contributed by atoms with Gasteiger partial charge in [0.15, 0.2) is 0 Å². The summed E-state index contributed by atoms with van der Waals surface area (Å²) >= 11 is 0. The second kappa shape index (κ2) is 17.8. The number of aryl methyl sites for hydroxylation is 4. The van der Waals surface area contributed by atoms with Crippen LogP contribution in [0.15, 0.2) is 182 Å². The molecule has 10 aromatic rings. The van der Waals surface area contributed by atoms with E-state index in [0.29, 0.717) is 0 Å². The Morgan fingerprint density at radius 2 is 0.763 bits per heavy atom. The van der Waals surface area contributed by atoms with Crippen molar-refractivity contribution in [1.29, 1.82) is 0 Å². The smallest absolute Gasteiger partial charge is 0.332 e. The van der Waals surface area contributed by atoms with E-state index in [9.17, 15) is 0 Å². The molecule has 0 radical (unpaired) electrons. The molecule has 2 aliphatic rings. The Hall–Kier alpha value is -5.50. The van der Waals surface area contributed by atoms with Crippen LogP contribution in [-0.4, -0.2) is 9.13 Å². The summed E-state index contributed by atoms with van der Waals surface area (Å²) in [4.78, 5) is 0. The van der Waals surface area contributed by atoms with Crippen LogP contribution in [0.5, 0.6) is 0 Å². The predicted molar refractivity (Wildman–Crippen MR) is 246 cm³/mol. The van der Waals surface area contributed by atoms with Crippen molar-refractivity contribution in [3.05, 3.63) is 216 Å². The zero-order valence-corrected chi connectivity index (χ0v) is 36.2.